The summed E-state index contributed by atoms with van der Waals surface area (Å²) in [6.45, 7) is 12.3. The normalized spacial score (nSPS) is 16.7. The SMILES string of the molecule is COc1cc(N2CCC(N3CCN(C)CC3)CC2)c(C)cc1Nc1ncc(Cl)c(Nc2ccc3nccnc3c2N(C(C)C)S(C)(=O)=O)n1. The molecule has 2 fully saturated rings. The second-order valence-electron chi connectivity index (χ2n) is 13.1. The molecule has 0 aliphatic carbocycles. The molecular formula is C34H45ClN10O3S. The third-order valence-electron chi connectivity index (χ3n) is 9.28. The van der Waals surface area contributed by atoms with Crippen LogP contribution in [0.3, 0.4) is 0 Å². The third kappa shape index (κ3) is 7.62. The molecule has 0 atom stereocenters. The van der Waals surface area contributed by atoms with Gasteiger partial charge in [0.15, 0.2) is 5.82 Å². The minimum Gasteiger partial charge on any atom is -0.494 e. The summed E-state index contributed by atoms with van der Waals surface area (Å²) in [6.07, 6.45) is 8.05. The summed E-state index contributed by atoms with van der Waals surface area (Å²) in [5.41, 5.74) is 4.78. The largest absolute Gasteiger partial charge is 0.494 e. The number of halogens is 1. The van der Waals surface area contributed by atoms with E-state index in [1.807, 2.05) is 0 Å². The van der Waals surface area contributed by atoms with Gasteiger partial charge in [-0.15, -0.1) is 0 Å². The molecule has 0 spiro atoms. The topological polar surface area (TPSA) is 132 Å². The first-order valence-electron chi connectivity index (χ1n) is 16.6. The number of nitrogens with one attached hydrogen (secondary N) is 2. The number of benzene rings is 2. The van der Waals surface area contributed by atoms with Crippen LogP contribution in [0.4, 0.5) is 34.5 Å². The maximum absolute atomic E-state index is 13.0. The number of hydrogen-bond acceptors (Lipinski definition) is 12. The van der Waals surface area contributed by atoms with E-state index in [0.717, 1.165) is 63.4 Å². The van der Waals surface area contributed by atoms with Crippen molar-refractivity contribution in [1.29, 1.82) is 0 Å². The van der Waals surface area contributed by atoms with Gasteiger partial charge in [-0.2, -0.15) is 4.98 Å². The van der Waals surface area contributed by atoms with E-state index in [1.165, 1.54) is 23.0 Å². The molecule has 15 heteroatoms. The van der Waals surface area contributed by atoms with Crippen molar-refractivity contribution >= 4 is 67.2 Å². The molecule has 2 aromatic heterocycles. The van der Waals surface area contributed by atoms with Crippen LogP contribution in [0, 0.1) is 6.92 Å². The fraction of sp³-hybridized carbons (Fsp3) is 0.471. The zero-order chi connectivity index (χ0) is 34.9. The molecule has 0 amide bonds. The van der Waals surface area contributed by atoms with E-state index >= 15 is 0 Å². The van der Waals surface area contributed by atoms with E-state index in [0.29, 0.717) is 39.9 Å². The first-order valence-corrected chi connectivity index (χ1v) is 18.8. The van der Waals surface area contributed by atoms with Gasteiger partial charge in [0.25, 0.3) is 0 Å². The number of fused-ring (bicyclic) bond motifs is 1. The first kappa shape index (κ1) is 34.9. The van der Waals surface area contributed by atoms with Gasteiger partial charge in [0, 0.05) is 75.5 Å². The number of aromatic nitrogens is 4. The van der Waals surface area contributed by atoms with Crippen molar-refractivity contribution in [1.82, 2.24) is 29.7 Å². The molecule has 0 unspecified atom stereocenters. The van der Waals surface area contributed by atoms with Gasteiger partial charge in [-0.05, 0) is 64.4 Å². The first-order chi connectivity index (χ1) is 23.4. The highest BCUT2D eigenvalue weighted by atomic mass is 35.5. The predicted molar refractivity (Wildman–Crippen MR) is 198 cm³/mol. The number of ether oxygens (including phenoxy) is 1. The number of likely N-dealkylation sites (N-methyl/N-ethyl adjacent to an activating group) is 1. The molecule has 0 saturated carbocycles. The predicted octanol–water partition coefficient (Wildman–Crippen LogP) is 5.27. The minimum absolute atomic E-state index is 0.254. The summed E-state index contributed by atoms with van der Waals surface area (Å²) >= 11 is 6.60. The number of sulfonamides is 1. The van der Waals surface area contributed by atoms with Crippen molar-refractivity contribution in [3.63, 3.8) is 0 Å². The molecule has 4 aromatic rings. The van der Waals surface area contributed by atoms with Crippen LogP contribution in [-0.4, -0.2) is 110 Å². The molecule has 0 radical (unpaired) electrons. The summed E-state index contributed by atoms with van der Waals surface area (Å²) in [5, 5.41) is 6.81. The van der Waals surface area contributed by atoms with Gasteiger partial charge in [0.1, 0.15) is 22.0 Å². The summed E-state index contributed by atoms with van der Waals surface area (Å²) in [4.78, 5) is 25.5. The summed E-state index contributed by atoms with van der Waals surface area (Å²) in [6, 6.07) is 7.89. The summed E-state index contributed by atoms with van der Waals surface area (Å²) in [5.74, 6) is 1.25. The average molecular weight is 709 g/mol. The fourth-order valence-electron chi connectivity index (χ4n) is 6.86. The Labute approximate surface area is 293 Å². The Balaban J connectivity index is 1.24. The molecule has 2 aromatic carbocycles. The second kappa shape index (κ2) is 14.5. The van der Waals surface area contributed by atoms with Gasteiger partial charge in [-0.1, -0.05) is 11.6 Å². The lowest BCUT2D eigenvalue weighted by Gasteiger charge is -2.43. The number of aryl methyl sites for hydroxylation is 1. The Bertz CT molecular complexity index is 1910. The van der Waals surface area contributed by atoms with Gasteiger partial charge in [-0.3, -0.25) is 19.2 Å². The Morgan fingerprint density at radius 2 is 1.69 bits per heavy atom. The van der Waals surface area contributed by atoms with E-state index in [9.17, 15) is 8.42 Å². The fourth-order valence-corrected chi connectivity index (χ4v) is 8.28. The highest BCUT2D eigenvalue weighted by Crippen LogP contribution is 2.39. The number of rotatable bonds is 10. The van der Waals surface area contributed by atoms with Crippen molar-refractivity contribution in [3.05, 3.63) is 53.4 Å². The van der Waals surface area contributed by atoms with Crippen molar-refractivity contribution in [2.75, 3.05) is 79.5 Å². The molecule has 13 nitrogen and oxygen atoms in total. The summed E-state index contributed by atoms with van der Waals surface area (Å²) in [7, 11) is 0.164. The Kier molecular flexibility index (Phi) is 10.3. The van der Waals surface area contributed by atoms with Crippen LogP contribution in [0.2, 0.25) is 5.02 Å². The van der Waals surface area contributed by atoms with Crippen molar-refractivity contribution < 1.29 is 13.2 Å². The number of piperidine rings is 1. The Morgan fingerprint density at radius 1 is 0.980 bits per heavy atom. The molecule has 262 valence electrons. The van der Waals surface area contributed by atoms with Gasteiger partial charge in [0.2, 0.25) is 16.0 Å². The number of methoxy groups -OCH3 is 1. The van der Waals surface area contributed by atoms with Gasteiger partial charge in [0.05, 0.1) is 36.5 Å². The number of nitrogens with zero attached hydrogens (tertiary/aromatic N) is 8. The van der Waals surface area contributed by atoms with Crippen LogP contribution in [0.1, 0.15) is 32.3 Å². The van der Waals surface area contributed by atoms with Crippen LogP contribution in [0.5, 0.6) is 5.75 Å². The van der Waals surface area contributed by atoms with E-state index in [4.69, 9.17) is 16.3 Å². The molecular weight excluding hydrogens is 664 g/mol. The Morgan fingerprint density at radius 3 is 2.37 bits per heavy atom. The van der Waals surface area contributed by atoms with Crippen LogP contribution >= 0.6 is 11.6 Å². The monoisotopic (exact) mass is 708 g/mol. The van der Waals surface area contributed by atoms with Gasteiger partial charge >= 0.3 is 0 Å². The lowest BCUT2D eigenvalue weighted by molar-refractivity contribution is 0.0982. The molecule has 6 rings (SSSR count). The quantitative estimate of drug-likeness (QED) is 0.223. The summed E-state index contributed by atoms with van der Waals surface area (Å²) < 4.78 is 33.2. The molecule has 4 heterocycles. The van der Waals surface area contributed by atoms with Crippen molar-refractivity contribution in [2.45, 2.75) is 45.7 Å². The highest BCUT2D eigenvalue weighted by Gasteiger charge is 2.29. The zero-order valence-electron chi connectivity index (χ0n) is 28.9. The van der Waals surface area contributed by atoms with Crippen LogP contribution in [-0.2, 0) is 10.0 Å². The minimum atomic E-state index is -3.69. The van der Waals surface area contributed by atoms with E-state index < -0.39 is 16.1 Å². The molecule has 0 bridgehead atoms. The third-order valence-corrected chi connectivity index (χ3v) is 10.9. The average Bonchev–Trinajstić information content (AvgIpc) is 3.07. The van der Waals surface area contributed by atoms with Gasteiger partial charge in [-0.25, -0.2) is 13.4 Å². The molecule has 2 N–H and O–H groups in total. The van der Waals surface area contributed by atoms with Crippen LogP contribution in [0.25, 0.3) is 11.0 Å². The van der Waals surface area contributed by atoms with Crippen LogP contribution in [0.15, 0.2) is 42.9 Å². The lowest BCUT2D eigenvalue weighted by Crippen LogP contribution is -2.52. The standard InChI is InChI=1S/C34H45ClN10O3S/c1-22(2)45(49(6,46)47)32-27(8-7-26-31(32)37-12-11-36-26)39-33-25(35)21-38-34(41-33)40-28-19-23(3)29(20-30(28)48-5)44-13-9-24(10-14-44)43-17-15-42(4)16-18-43/h7-8,11-12,19-22,24H,9-10,13-18H2,1-6H3,(H2,38,39,40,41). The number of anilines is 6. The second-order valence-corrected chi connectivity index (χ2v) is 15.3. The number of hydrogen-bond donors (Lipinski definition) is 2. The highest BCUT2D eigenvalue weighted by molar-refractivity contribution is 7.92. The molecule has 2 aliphatic heterocycles. The van der Waals surface area contributed by atoms with E-state index in [1.54, 1.807) is 39.3 Å². The maximum atomic E-state index is 13.0. The van der Waals surface area contributed by atoms with Gasteiger partial charge < -0.3 is 25.2 Å². The lowest BCUT2D eigenvalue weighted by atomic mass is 10.0. The zero-order valence-corrected chi connectivity index (χ0v) is 30.5. The van der Waals surface area contributed by atoms with Crippen molar-refractivity contribution in [3.8, 4) is 5.75 Å². The maximum Gasteiger partial charge on any atom is 0.232 e. The van der Waals surface area contributed by atoms with Crippen molar-refractivity contribution in [2.24, 2.45) is 0 Å². The Hall–Kier alpha value is -3.98. The molecule has 2 saturated heterocycles. The van der Waals surface area contributed by atoms with E-state index in [2.05, 4.69) is 71.4 Å². The molecule has 2 aliphatic rings. The molecule has 49 heavy (non-hydrogen) atoms. The number of piperazine rings is 1. The van der Waals surface area contributed by atoms with E-state index in [-0.39, 0.29) is 16.8 Å². The van der Waals surface area contributed by atoms with Crippen LogP contribution < -0.4 is 24.6 Å². The smallest absolute Gasteiger partial charge is 0.232 e.